The molecule has 4 nitrogen and oxygen atoms in total. The molecule has 0 amide bonds. The van der Waals surface area contributed by atoms with Crippen LogP contribution in [0.15, 0.2) is 35.5 Å². The van der Waals surface area contributed by atoms with E-state index in [4.69, 9.17) is 5.11 Å². The number of hydrogen-bond donors (Lipinski definition) is 1. The smallest absolute Gasteiger partial charge is 0.344 e. The number of benzene rings is 1. The van der Waals surface area contributed by atoms with Gasteiger partial charge in [0.2, 0.25) is 6.61 Å². The molecule has 74 valence electrons. The van der Waals surface area contributed by atoms with E-state index in [1.54, 1.807) is 6.92 Å². The lowest BCUT2D eigenvalue weighted by Gasteiger charge is -1.99. The molecule has 0 aliphatic carbocycles. The lowest BCUT2D eigenvalue weighted by atomic mass is 10.1. The van der Waals surface area contributed by atoms with E-state index in [0.29, 0.717) is 5.71 Å². The van der Waals surface area contributed by atoms with Crippen LogP contribution >= 0.6 is 0 Å². The first-order chi connectivity index (χ1) is 6.70. The quantitative estimate of drug-likeness (QED) is 0.582. The first kappa shape index (κ1) is 10.2. The number of hydrogen-bond acceptors (Lipinski definition) is 3. The summed E-state index contributed by atoms with van der Waals surface area (Å²) in [5, 5.41) is 12.0. The minimum Gasteiger partial charge on any atom is -0.479 e. The molecule has 0 aliphatic heterocycles. The van der Waals surface area contributed by atoms with Gasteiger partial charge in [0, 0.05) is 0 Å². The molecule has 0 fully saturated rings. The van der Waals surface area contributed by atoms with E-state index in [1.807, 2.05) is 30.3 Å². The Balaban J connectivity index is 2.57. The maximum atomic E-state index is 10.1. The molecule has 0 unspecified atom stereocenters. The van der Waals surface area contributed by atoms with Gasteiger partial charge in [-0.05, 0) is 12.5 Å². The highest BCUT2D eigenvalue weighted by atomic mass is 16.6. The SMILES string of the molecule is C/C(=N\OCC(=O)O)c1ccccc1. The molecule has 1 rings (SSSR count). The lowest BCUT2D eigenvalue weighted by Crippen LogP contribution is -2.05. The Kier molecular flexibility index (Phi) is 3.67. The average molecular weight is 193 g/mol. The van der Waals surface area contributed by atoms with E-state index in [9.17, 15) is 4.79 Å². The van der Waals surface area contributed by atoms with Gasteiger partial charge in [-0.2, -0.15) is 0 Å². The molecule has 0 saturated carbocycles. The molecule has 0 saturated heterocycles. The highest BCUT2D eigenvalue weighted by molar-refractivity contribution is 5.98. The van der Waals surface area contributed by atoms with Gasteiger partial charge in [0.25, 0.3) is 0 Å². The Morgan fingerprint density at radius 2 is 2.07 bits per heavy atom. The summed E-state index contributed by atoms with van der Waals surface area (Å²) in [6.07, 6.45) is 0. The van der Waals surface area contributed by atoms with Crippen molar-refractivity contribution in [3.63, 3.8) is 0 Å². The van der Waals surface area contributed by atoms with Gasteiger partial charge in [-0.3, -0.25) is 0 Å². The van der Waals surface area contributed by atoms with E-state index in [0.717, 1.165) is 5.56 Å². The molecular weight excluding hydrogens is 182 g/mol. The largest absolute Gasteiger partial charge is 0.479 e. The van der Waals surface area contributed by atoms with Crippen LogP contribution in [0.25, 0.3) is 0 Å². The first-order valence-corrected chi connectivity index (χ1v) is 4.14. The predicted octanol–water partition coefficient (Wildman–Crippen LogP) is 1.51. The lowest BCUT2D eigenvalue weighted by molar-refractivity contribution is -0.142. The van der Waals surface area contributed by atoms with Crippen molar-refractivity contribution in [2.24, 2.45) is 5.16 Å². The minimum atomic E-state index is -1.03. The van der Waals surface area contributed by atoms with Crippen molar-refractivity contribution in [3.05, 3.63) is 35.9 Å². The fourth-order valence-corrected chi connectivity index (χ4v) is 0.916. The summed E-state index contributed by atoms with van der Waals surface area (Å²) in [5.74, 6) is -1.03. The molecule has 0 radical (unpaired) electrons. The van der Waals surface area contributed by atoms with Gasteiger partial charge in [-0.15, -0.1) is 0 Å². The van der Waals surface area contributed by atoms with Crippen LogP contribution in [0, 0.1) is 0 Å². The summed E-state index contributed by atoms with van der Waals surface area (Å²) in [7, 11) is 0. The van der Waals surface area contributed by atoms with E-state index in [1.165, 1.54) is 0 Å². The molecule has 0 aromatic heterocycles. The third-order valence-corrected chi connectivity index (χ3v) is 1.58. The molecule has 1 aromatic carbocycles. The minimum absolute atomic E-state index is 0.413. The van der Waals surface area contributed by atoms with Crippen LogP contribution < -0.4 is 0 Å². The average Bonchev–Trinajstić information content (AvgIpc) is 2.18. The summed E-state index contributed by atoms with van der Waals surface area (Å²) in [5.41, 5.74) is 1.57. The molecule has 0 aliphatic rings. The van der Waals surface area contributed by atoms with Crippen LogP contribution in [0.1, 0.15) is 12.5 Å². The van der Waals surface area contributed by atoms with E-state index in [-0.39, 0.29) is 0 Å². The van der Waals surface area contributed by atoms with Gasteiger partial charge < -0.3 is 9.94 Å². The van der Waals surface area contributed by atoms with Gasteiger partial charge in [0.15, 0.2) is 0 Å². The maximum absolute atomic E-state index is 10.1. The standard InChI is InChI=1S/C10H11NO3/c1-8(11-14-7-10(12)13)9-5-3-2-4-6-9/h2-6H,7H2,1H3,(H,12,13)/b11-8+. The van der Waals surface area contributed by atoms with E-state index in [2.05, 4.69) is 9.99 Å². The van der Waals surface area contributed by atoms with Crippen LogP contribution in [0.2, 0.25) is 0 Å². The van der Waals surface area contributed by atoms with Crippen molar-refractivity contribution in [2.45, 2.75) is 6.92 Å². The molecule has 0 spiro atoms. The van der Waals surface area contributed by atoms with Crippen molar-refractivity contribution < 1.29 is 14.7 Å². The Labute approximate surface area is 81.8 Å². The van der Waals surface area contributed by atoms with Gasteiger partial charge in [0.05, 0.1) is 5.71 Å². The first-order valence-electron chi connectivity index (χ1n) is 4.14. The van der Waals surface area contributed by atoms with Crippen LogP contribution in [-0.2, 0) is 9.63 Å². The highest BCUT2D eigenvalue weighted by Crippen LogP contribution is 2.00. The molecular formula is C10H11NO3. The molecule has 4 heteroatoms. The van der Waals surface area contributed by atoms with Crippen LogP contribution in [0.4, 0.5) is 0 Å². The molecule has 14 heavy (non-hydrogen) atoms. The summed E-state index contributed by atoms with van der Waals surface area (Å²) in [6, 6.07) is 9.41. The Morgan fingerprint density at radius 3 is 2.64 bits per heavy atom. The summed E-state index contributed by atoms with van der Waals surface area (Å²) in [6.45, 7) is 1.35. The topological polar surface area (TPSA) is 58.9 Å². The van der Waals surface area contributed by atoms with Gasteiger partial charge in [0.1, 0.15) is 0 Å². The number of nitrogens with zero attached hydrogens (tertiary/aromatic N) is 1. The second-order valence-electron chi connectivity index (χ2n) is 2.71. The highest BCUT2D eigenvalue weighted by Gasteiger charge is 1.98. The van der Waals surface area contributed by atoms with Crippen molar-refractivity contribution >= 4 is 11.7 Å². The fraction of sp³-hybridized carbons (Fsp3) is 0.200. The summed E-state index contributed by atoms with van der Waals surface area (Å²) >= 11 is 0. The maximum Gasteiger partial charge on any atom is 0.344 e. The monoisotopic (exact) mass is 193 g/mol. The van der Waals surface area contributed by atoms with Crippen molar-refractivity contribution in [1.82, 2.24) is 0 Å². The van der Waals surface area contributed by atoms with Crippen LogP contribution in [-0.4, -0.2) is 23.4 Å². The summed E-state index contributed by atoms with van der Waals surface area (Å²) < 4.78 is 0. The Bertz CT molecular complexity index is 332. The normalized spacial score (nSPS) is 11.1. The predicted molar refractivity (Wildman–Crippen MR) is 52.2 cm³/mol. The number of carbonyl (C=O) groups is 1. The third-order valence-electron chi connectivity index (χ3n) is 1.58. The number of rotatable bonds is 4. The molecule has 0 heterocycles. The van der Waals surface area contributed by atoms with Crippen molar-refractivity contribution in [3.8, 4) is 0 Å². The zero-order valence-electron chi connectivity index (χ0n) is 7.80. The van der Waals surface area contributed by atoms with Gasteiger partial charge in [-0.1, -0.05) is 35.5 Å². The number of aliphatic carboxylic acids is 1. The van der Waals surface area contributed by atoms with E-state index < -0.39 is 12.6 Å². The number of carboxylic acids is 1. The fourth-order valence-electron chi connectivity index (χ4n) is 0.916. The van der Waals surface area contributed by atoms with Crippen molar-refractivity contribution in [2.75, 3.05) is 6.61 Å². The second-order valence-corrected chi connectivity index (χ2v) is 2.71. The van der Waals surface area contributed by atoms with Crippen LogP contribution in [0.3, 0.4) is 0 Å². The number of carboxylic acid groups (broad SMARTS) is 1. The molecule has 0 atom stereocenters. The van der Waals surface area contributed by atoms with E-state index >= 15 is 0 Å². The molecule has 1 aromatic rings. The number of oxime groups is 1. The zero-order chi connectivity index (χ0) is 10.4. The summed E-state index contributed by atoms with van der Waals surface area (Å²) in [4.78, 5) is 14.7. The zero-order valence-corrected chi connectivity index (χ0v) is 7.80. The van der Waals surface area contributed by atoms with Crippen molar-refractivity contribution in [1.29, 1.82) is 0 Å². The Hall–Kier alpha value is -1.84. The van der Waals surface area contributed by atoms with Crippen LogP contribution in [0.5, 0.6) is 0 Å². The molecule has 1 N–H and O–H groups in total. The van der Waals surface area contributed by atoms with Gasteiger partial charge >= 0.3 is 5.97 Å². The molecule has 0 bridgehead atoms. The Morgan fingerprint density at radius 1 is 1.43 bits per heavy atom. The second kappa shape index (κ2) is 5.01. The third kappa shape index (κ3) is 3.26. The van der Waals surface area contributed by atoms with Gasteiger partial charge in [-0.25, -0.2) is 4.79 Å².